The lowest BCUT2D eigenvalue weighted by Crippen LogP contribution is -1.95. The van der Waals surface area contributed by atoms with Crippen molar-refractivity contribution in [1.29, 1.82) is 0 Å². The molecule has 0 heterocycles. The zero-order valence-electron chi connectivity index (χ0n) is 19.4. The molecule has 0 amide bonds. The number of aliphatic hydroxyl groups is 1. The summed E-state index contributed by atoms with van der Waals surface area (Å²) in [5.74, 6) is 6.49. The summed E-state index contributed by atoms with van der Waals surface area (Å²) in [5, 5.41) is 25.8. The van der Waals surface area contributed by atoms with Gasteiger partial charge >= 0.3 is 0 Å². The molecule has 166 valence electrons. The fourth-order valence-electron chi connectivity index (χ4n) is 6.03. The van der Waals surface area contributed by atoms with E-state index in [1.807, 2.05) is 0 Å². The highest BCUT2D eigenvalue weighted by Crippen LogP contribution is 2.37. The third-order valence-corrected chi connectivity index (χ3v) is 7.65. The second-order valence-electron chi connectivity index (χ2n) is 9.70. The maximum atomic E-state index is 11.2. The van der Waals surface area contributed by atoms with Gasteiger partial charge in [0.25, 0.3) is 0 Å². The van der Waals surface area contributed by atoms with Crippen molar-refractivity contribution in [2.75, 3.05) is 0 Å². The van der Waals surface area contributed by atoms with E-state index in [1.165, 1.54) is 48.5 Å². The van der Waals surface area contributed by atoms with E-state index in [0.29, 0.717) is 0 Å². The number of hydrogen-bond donors (Lipinski definition) is 1. The monoisotopic (exact) mass is 456 g/mol. The van der Waals surface area contributed by atoms with Crippen LogP contribution in [0, 0.1) is 11.8 Å². The van der Waals surface area contributed by atoms with Crippen LogP contribution < -0.4 is 0 Å². The second kappa shape index (κ2) is 7.18. The maximum absolute atomic E-state index is 11.2. The zero-order chi connectivity index (χ0) is 23.8. The van der Waals surface area contributed by atoms with Crippen LogP contribution in [0.2, 0.25) is 0 Å². The van der Waals surface area contributed by atoms with E-state index in [4.69, 9.17) is 0 Å². The first-order valence-electron chi connectivity index (χ1n) is 12.3. The Balaban J connectivity index is 1.30. The summed E-state index contributed by atoms with van der Waals surface area (Å²) in [6.07, 6.45) is -0.875. The first-order valence-corrected chi connectivity index (χ1v) is 12.3. The highest BCUT2D eigenvalue weighted by molar-refractivity contribution is 6.24. The second-order valence-corrected chi connectivity index (χ2v) is 9.70. The number of aliphatic hydroxyl groups excluding tert-OH is 1. The zero-order valence-corrected chi connectivity index (χ0v) is 19.4. The van der Waals surface area contributed by atoms with Gasteiger partial charge in [-0.15, -0.1) is 0 Å². The average molecular weight is 457 g/mol. The third-order valence-electron chi connectivity index (χ3n) is 7.65. The molecule has 1 atom stereocenters. The van der Waals surface area contributed by atoms with Gasteiger partial charge in [-0.1, -0.05) is 103 Å². The van der Waals surface area contributed by atoms with Crippen LogP contribution in [0.1, 0.15) is 17.2 Å². The fourth-order valence-corrected chi connectivity index (χ4v) is 6.03. The van der Waals surface area contributed by atoms with Gasteiger partial charge in [-0.3, -0.25) is 0 Å². The van der Waals surface area contributed by atoms with Crippen molar-refractivity contribution in [2.45, 2.75) is 6.10 Å². The number of rotatable bonds is 1. The van der Waals surface area contributed by atoms with Gasteiger partial charge in [-0.25, -0.2) is 0 Å². The van der Waals surface area contributed by atoms with Gasteiger partial charge in [0.15, 0.2) is 0 Å². The summed E-state index contributed by atoms with van der Waals surface area (Å²) in [5.41, 5.74) is 1.77. The minimum absolute atomic E-state index is 0.825. The molecule has 8 aromatic carbocycles. The fraction of sp³-hybridized carbons (Fsp3) is 0.0286. The van der Waals surface area contributed by atoms with Gasteiger partial charge in [-0.2, -0.15) is 0 Å². The smallest absolute Gasteiger partial charge is 0.140 e. The minimum Gasteiger partial charge on any atom is -0.376 e. The van der Waals surface area contributed by atoms with E-state index in [-0.39, 0.29) is 0 Å². The molecule has 0 saturated heterocycles. The minimum atomic E-state index is -0.875. The Labute approximate surface area is 207 Å². The molecular formula is C35H20O. The van der Waals surface area contributed by atoms with Gasteiger partial charge in [0.1, 0.15) is 6.10 Å². The standard InChI is InChI=1S/C35H20O/c36-31(29-19-27-14-12-21-4-1-5-22-13-15-28(20-29)34(27)32(21)22)17-16-25-18-26-8-2-6-23-10-11-24-7-3-9-30(25)35(24)33(23)26/h1-15,18-20,31,36H. The Kier molecular flexibility index (Phi) is 3.92. The van der Waals surface area contributed by atoms with Gasteiger partial charge in [-0.05, 0) is 88.4 Å². The molecule has 1 unspecified atom stereocenters. The van der Waals surface area contributed by atoms with Gasteiger partial charge in [0.05, 0.1) is 0 Å². The first kappa shape index (κ1) is 19.6. The molecule has 0 fully saturated rings. The Morgan fingerprint density at radius 3 is 1.56 bits per heavy atom. The summed E-state index contributed by atoms with van der Waals surface area (Å²) in [7, 11) is 0. The van der Waals surface area contributed by atoms with Crippen molar-refractivity contribution >= 4 is 64.6 Å². The summed E-state index contributed by atoms with van der Waals surface area (Å²) < 4.78 is 0. The molecule has 0 aliphatic heterocycles. The molecule has 1 heteroatoms. The molecular weight excluding hydrogens is 436 g/mol. The van der Waals surface area contributed by atoms with Crippen molar-refractivity contribution in [3.8, 4) is 11.8 Å². The van der Waals surface area contributed by atoms with Crippen LogP contribution in [-0.2, 0) is 0 Å². The summed E-state index contributed by atoms with van der Waals surface area (Å²) in [4.78, 5) is 0. The van der Waals surface area contributed by atoms with Crippen LogP contribution in [0.5, 0.6) is 0 Å². The predicted molar refractivity (Wildman–Crippen MR) is 152 cm³/mol. The van der Waals surface area contributed by atoms with Crippen LogP contribution in [0.15, 0.2) is 109 Å². The largest absolute Gasteiger partial charge is 0.376 e. The first-order chi connectivity index (χ1) is 17.7. The SMILES string of the molecule is OC(C#Cc1cc2cccc3ccc4cccc1c4c32)c1cc2ccc3cccc4ccc(c1)c2c34. The quantitative estimate of drug-likeness (QED) is 0.194. The highest BCUT2D eigenvalue weighted by Gasteiger charge is 2.13. The van der Waals surface area contributed by atoms with Crippen LogP contribution in [0.4, 0.5) is 0 Å². The van der Waals surface area contributed by atoms with Crippen molar-refractivity contribution in [3.05, 3.63) is 120 Å². The average Bonchev–Trinajstić information content (AvgIpc) is 2.93. The van der Waals surface area contributed by atoms with E-state index >= 15 is 0 Å². The Hall–Kier alpha value is -4.64. The molecule has 0 aliphatic rings. The van der Waals surface area contributed by atoms with Crippen LogP contribution in [0.25, 0.3) is 64.6 Å². The normalized spacial score (nSPS) is 12.8. The summed E-state index contributed by atoms with van der Waals surface area (Å²) >= 11 is 0. The maximum Gasteiger partial charge on any atom is 0.140 e. The Morgan fingerprint density at radius 2 is 0.917 bits per heavy atom. The molecule has 1 nitrogen and oxygen atoms in total. The summed E-state index contributed by atoms with van der Waals surface area (Å²) in [6.45, 7) is 0. The molecule has 0 aliphatic carbocycles. The molecule has 0 radical (unpaired) electrons. The van der Waals surface area contributed by atoms with Crippen molar-refractivity contribution in [2.24, 2.45) is 0 Å². The van der Waals surface area contributed by atoms with Crippen molar-refractivity contribution in [3.63, 3.8) is 0 Å². The molecule has 8 rings (SSSR count). The van der Waals surface area contributed by atoms with Crippen LogP contribution in [-0.4, -0.2) is 5.11 Å². The number of hydrogen-bond acceptors (Lipinski definition) is 1. The van der Waals surface area contributed by atoms with E-state index in [1.54, 1.807) is 0 Å². The van der Waals surface area contributed by atoms with E-state index in [0.717, 1.165) is 27.3 Å². The van der Waals surface area contributed by atoms with Crippen molar-refractivity contribution < 1.29 is 5.11 Å². The van der Waals surface area contributed by atoms with E-state index in [9.17, 15) is 5.11 Å². The van der Waals surface area contributed by atoms with Gasteiger partial charge in [0, 0.05) is 5.56 Å². The number of benzene rings is 8. The highest BCUT2D eigenvalue weighted by atomic mass is 16.3. The van der Waals surface area contributed by atoms with Gasteiger partial charge in [0.2, 0.25) is 0 Å². The topological polar surface area (TPSA) is 20.2 Å². The van der Waals surface area contributed by atoms with Crippen LogP contribution >= 0.6 is 0 Å². The predicted octanol–water partition coefficient (Wildman–Crippen LogP) is 8.57. The third kappa shape index (κ3) is 2.71. The molecule has 1 N–H and O–H groups in total. The molecule has 0 saturated carbocycles. The molecule has 8 aromatic rings. The van der Waals surface area contributed by atoms with Crippen molar-refractivity contribution in [1.82, 2.24) is 0 Å². The van der Waals surface area contributed by atoms with Crippen LogP contribution in [0.3, 0.4) is 0 Å². The summed E-state index contributed by atoms with van der Waals surface area (Å²) in [6, 6.07) is 38.5. The lowest BCUT2D eigenvalue weighted by molar-refractivity contribution is 0.238. The molecule has 0 spiro atoms. The van der Waals surface area contributed by atoms with Gasteiger partial charge < -0.3 is 5.11 Å². The molecule has 36 heavy (non-hydrogen) atoms. The van der Waals surface area contributed by atoms with E-state index < -0.39 is 6.10 Å². The Bertz CT molecular complexity index is 2110. The Morgan fingerprint density at radius 1 is 0.472 bits per heavy atom. The molecule has 0 aromatic heterocycles. The lowest BCUT2D eigenvalue weighted by atomic mass is 9.91. The lowest BCUT2D eigenvalue weighted by Gasteiger charge is -2.13. The molecule has 0 bridgehead atoms. The van der Waals surface area contributed by atoms with E-state index in [2.05, 4.69) is 121 Å².